The van der Waals surface area contributed by atoms with Crippen LogP contribution in [0.15, 0.2) is 18.2 Å². The summed E-state index contributed by atoms with van der Waals surface area (Å²) < 4.78 is 0. The van der Waals surface area contributed by atoms with Gasteiger partial charge in [0.25, 0.3) is 5.69 Å². The minimum absolute atomic E-state index is 0.0841. The standard InChI is InChI=1S/C14H17N3O3/c15-10-11-9-13(5-6-14(11)17(19)20)16(7-2-8-18)12-3-1-4-12/h5-6,9,12,18H,1-4,7-8H2. The number of hydrogen-bond acceptors (Lipinski definition) is 5. The highest BCUT2D eigenvalue weighted by Gasteiger charge is 2.26. The first-order chi connectivity index (χ1) is 9.67. The first-order valence-electron chi connectivity index (χ1n) is 6.73. The van der Waals surface area contributed by atoms with Gasteiger partial charge in [-0.05, 0) is 37.8 Å². The lowest BCUT2D eigenvalue weighted by molar-refractivity contribution is -0.385. The van der Waals surface area contributed by atoms with Crippen molar-refractivity contribution in [1.82, 2.24) is 0 Å². The predicted octanol–water partition coefficient (Wildman–Crippen LogP) is 2.21. The number of nitrogens with zero attached hydrogens (tertiary/aromatic N) is 3. The molecular weight excluding hydrogens is 258 g/mol. The maximum Gasteiger partial charge on any atom is 0.287 e. The zero-order valence-electron chi connectivity index (χ0n) is 11.2. The topological polar surface area (TPSA) is 90.4 Å². The van der Waals surface area contributed by atoms with E-state index in [1.165, 1.54) is 12.5 Å². The number of aliphatic hydroxyl groups excluding tert-OH is 1. The summed E-state index contributed by atoms with van der Waals surface area (Å²) in [5.74, 6) is 0. The van der Waals surface area contributed by atoms with Crippen LogP contribution >= 0.6 is 0 Å². The number of nitro benzene ring substituents is 1. The highest BCUT2D eigenvalue weighted by atomic mass is 16.6. The third-order valence-electron chi connectivity index (χ3n) is 3.70. The fraction of sp³-hybridized carbons (Fsp3) is 0.500. The van der Waals surface area contributed by atoms with E-state index >= 15 is 0 Å². The summed E-state index contributed by atoms with van der Waals surface area (Å²) in [4.78, 5) is 12.4. The van der Waals surface area contributed by atoms with Gasteiger partial charge < -0.3 is 10.0 Å². The smallest absolute Gasteiger partial charge is 0.287 e. The second-order valence-corrected chi connectivity index (χ2v) is 4.93. The van der Waals surface area contributed by atoms with Gasteiger partial charge in [0, 0.05) is 30.9 Å². The first-order valence-corrected chi connectivity index (χ1v) is 6.73. The van der Waals surface area contributed by atoms with Crippen molar-refractivity contribution >= 4 is 11.4 Å². The van der Waals surface area contributed by atoms with E-state index < -0.39 is 4.92 Å². The molecule has 1 saturated carbocycles. The largest absolute Gasteiger partial charge is 0.396 e. The maximum atomic E-state index is 10.8. The summed E-state index contributed by atoms with van der Waals surface area (Å²) in [6.07, 6.45) is 4.00. The van der Waals surface area contributed by atoms with Gasteiger partial charge in [-0.1, -0.05) is 0 Å². The van der Waals surface area contributed by atoms with E-state index in [0.29, 0.717) is 19.0 Å². The molecule has 0 radical (unpaired) electrons. The van der Waals surface area contributed by atoms with Gasteiger partial charge in [0.1, 0.15) is 11.6 Å². The van der Waals surface area contributed by atoms with Crippen molar-refractivity contribution in [3.63, 3.8) is 0 Å². The van der Waals surface area contributed by atoms with Crippen molar-refractivity contribution in [2.45, 2.75) is 31.7 Å². The molecule has 0 aromatic heterocycles. The molecule has 6 nitrogen and oxygen atoms in total. The van der Waals surface area contributed by atoms with Crippen LogP contribution < -0.4 is 4.90 Å². The van der Waals surface area contributed by atoms with Gasteiger partial charge in [-0.15, -0.1) is 0 Å². The number of nitro groups is 1. The van der Waals surface area contributed by atoms with Crippen LogP contribution in [0.4, 0.5) is 11.4 Å². The van der Waals surface area contributed by atoms with Crippen LogP contribution in [0.5, 0.6) is 0 Å². The fourth-order valence-corrected chi connectivity index (χ4v) is 2.41. The average molecular weight is 275 g/mol. The Kier molecular flexibility index (Phi) is 4.53. The van der Waals surface area contributed by atoms with Crippen LogP contribution in [0.25, 0.3) is 0 Å². The second-order valence-electron chi connectivity index (χ2n) is 4.93. The summed E-state index contributed by atoms with van der Waals surface area (Å²) in [5.41, 5.74) is 0.748. The van der Waals surface area contributed by atoms with Crippen LogP contribution in [0.3, 0.4) is 0 Å². The molecule has 0 saturated heterocycles. The van der Waals surface area contributed by atoms with E-state index in [1.807, 2.05) is 6.07 Å². The second kappa shape index (κ2) is 6.35. The van der Waals surface area contributed by atoms with Crippen LogP contribution in [-0.4, -0.2) is 29.2 Å². The fourth-order valence-electron chi connectivity index (χ4n) is 2.41. The van der Waals surface area contributed by atoms with Gasteiger partial charge in [-0.3, -0.25) is 10.1 Å². The van der Waals surface area contributed by atoms with Crippen molar-refractivity contribution in [2.75, 3.05) is 18.1 Å². The Bertz CT molecular complexity index is 535. The minimum atomic E-state index is -0.538. The Labute approximate surface area is 117 Å². The van der Waals surface area contributed by atoms with E-state index in [1.54, 1.807) is 12.1 Å². The number of rotatable bonds is 6. The van der Waals surface area contributed by atoms with E-state index in [0.717, 1.165) is 18.5 Å². The number of nitriles is 1. The van der Waals surface area contributed by atoms with Crippen molar-refractivity contribution in [2.24, 2.45) is 0 Å². The summed E-state index contributed by atoms with van der Waals surface area (Å²) >= 11 is 0. The summed E-state index contributed by atoms with van der Waals surface area (Å²) in [6.45, 7) is 0.811. The highest BCUT2D eigenvalue weighted by Crippen LogP contribution is 2.32. The molecule has 1 aromatic rings. The van der Waals surface area contributed by atoms with Crippen molar-refractivity contribution in [1.29, 1.82) is 5.26 Å². The lowest BCUT2D eigenvalue weighted by Crippen LogP contribution is -2.41. The maximum absolute atomic E-state index is 10.8. The zero-order chi connectivity index (χ0) is 14.5. The third-order valence-corrected chi connectivity index (χ3v) is 3.70. The molecule has 1 aromatic carbocycles. The monoisotopic (exact) mass is 275 g/mol. The minimum Gasteiger partial charge on any atom is -0.396 e. The number of hydrogen-bond donors (Lipinski definition) is 1. The van der Waals surface area contributed by atoms with E-state index in [-0.39, 0.29) is 17.9 Å². The van der Waals surface area contributed by atoms with Crippen molar-refractivity contribution in [3.05, 3.63) is 33.9 Å². The molecule has 1 aliphatic rings. The van der Waals surface area contributed by atoms with Gasteiger partial charge in [0.15, 0.2) is 0 Å². The van der Waals surface area contributed by atoms with E-state index in [4.69, 9.17) is 10.4 Å². The van der Waals surface area contributed by atoms with Gasteiger partial charge in [-0.25, -0.2) is 0 Å². The molecule has 0 bridgehead atoms. The molecule has 1 fully saturated rings. The number of anilines is 1. The molecule has 1 aliphatic carbocycles. The van der Waals surface area contributed by atoms with Crippen LogP contribution in [0, 0.1) is 21.4 Å². The molecular formula is C14H17N3O3. The highest BCUT2D eigenvalue weighted by molar-refractivity contribution is 5.60. The van der Waals surface area contributed by atoms with Gasteiger partial charge >= 0.3 is 0 Å². The van der Waals surface area contributed by atoms with Crippen LogP contribution in [0.1, 0.15) is 31.2 Å². The predicted molar refractivity (Wildman–Crippen MR) is 74.5 cm³/mol. The Morgan fingerprint density at radius 3 is 2.75 bits per heavy atom. The number of aliphatic hydroxyl groups is 1. The molecule has 0 spiro atoms. The summed E-state index contributed by atoms with van der Waals surface area (Å²) in [6, 6.07) is 6.95. The molecule has 1 N–H and O–H groups in total. The lowest BCUT2D eigenvalue weighted by Gasteiger charge is -2.39. The molecule has 0 heterocycles. The first kappa shape index (κ1) is 14.3. The Hall–Kier alpha value is -2.13. The zero-order valence-corrected chi connectivity index (χ0v) is 11.2. The quantitative estimate of drug-likeness (QED) is 0.635. The lowest BCUT2D eigenvalue weighted by atomic mass is 9.90. The molecule has 0 amide bonds. The molecule has 6 heteroatoms. The number of benzene rings is 1. The molecule has 0 atom stereocenters. The summed E-state index contributed by atoms with van der Waals surface area (Å²) in [5, 5.41) is 28.9. The molecule has 106 valence electrons. The van der Waals surface area contributed by atoms with Gasteiger partial charge in [-0.2, -0.15) is 5.26 Å². The van der Waals surface area contributed by atoms with Crippen molar-refractivity contribution in [3.8, 4) is 6.07 Å². The SMILES string of the molecule is N#Cc1cc(N(CCCO)C2CCC2)ccc1[N+](=O)[O-]. The molecule has 0 aliphatic heterocycles. The average Bonchev–Trinajstić information content (AvgIpc) is 2.40. The van der Waals surface area contributed by atoms with Crippen LogP contribution in [-0.2, 0) is 0 Å². The normalized spacial score (nSPS) is 14.4. The molecule has 2 rings (SSSR count). The van der Waals surface area contributed by atoms with E-state index in [9.17, 15) is 10.1 Å². The van der Waals surface area contributed by atoms with Crippen LogP contribution in [0.2, 0.25) is 0 Å². The Morgan fingerprint density at radius 2 is 2.25 bits per heavy atom. The van der Waals surface area contributed by atoms with Gasteiger partial charge in [0.05, 0.1) is 4.92 Å². The van der Waals surface area contributed by atoms with Crippen molar-refractivity contribution < 1.29 is 10.0 Å². The summed E-state index contributed by atoms with van der Waals surface area (Å²) in [7, 11) is 0. The molecule has 20 heavy (non-hydrogen) atoms. The Morgan fingerprint density at radius 1 is 1.50 bits per heavy atom. The third kappa shape index (κ3) is 2.89. The van der Waals surface area contributed by atoms with E-state index in [2.05, 4.69) is 4.90 Å². The Balaban J connectivity index is 2.28. The van der Waals surface area contributed by atoms with Gasteiger partial charge in [0.2, 0.25) is 0 Å². The molecule has 0 unspecified atom stereocenters.